The summed E-state index contributed by atoms with van der Waals surface area (Å²) in [7, 11) is 0. The predicted octanol–water partition coefficient (Wildman–Crippen LogP) is 0.644. The van der Waals surface area contributed by atoms with Gasteiger partial charge in [0.25, 0.3) is 0 Å². The monoisotopic (exact) mass is 298 g/mol. The van der Waals surface area contributed by atoms with E-state index in [0.717, 1.165) is 0 Å². The lowest BCUT2D eigenvalue weighted by Gasteiger charge is -2.34. The van der Waals surface area contributed by atoms with Crippen LogP contribution in [0.15, 0.2) is 0 Å². The van der Waals surface area contributed by atoms with Crippen molar-refractivity contribution in [3.05, 3.63) is 0 Å². The van der Waals surface area contributed by atoms with Crippen molar-refractivity contribution in [1.29, 1.82) is 0 Å². The molecule has 7 nitrogen and oxygen atoms in total. The Morgan fingerprint density at radius 2 is 1.62 bits per heavy atom. The lowest BCUT2D eigenvalue weighted by atomic mass is 10.1. The van der Waals surface area contributed by atoms with Crippen LogP contribution in [-0.4, -0.2) is 65.7 Å². The largest absolute Gasteiger partial charge is 0.481 e. The molecule has 2 aliphatic rings. The Morgan fingerprint density at radius 3 is 2.05 bits per heavy atom. The van der Waals surface area contributed by atoms with E-state index in [4.69, 9.17) is 9.84 Å². The highest BCUT2D eigenvalue weighted by molar-refractivity contribution is 5.91. The number of carbonyl (C=O) groups excluding carboxylic acids is 2. The zero-order valence-corrected chi connectivity index (χ0v) is 12.7. The molecule has 0 spiro atoms. The molecule has 1 aliphatic heterocycles. The number of nitrogens with zero attached hydrogens (tertiary/aromatic N) is 2. The molecular weight excluding hydrogens is 276 g/mol. The maximum Gasteiger partial charge on any atom is 0.409 e. The van der Waals surface area contributed by atoms with E-state index in [1.54, 1.807) is 16.7 Å². The minimum absolute atomic E-state index is 0.115. The fourth-order valence-corrected chi connectivity index (χ4v) is 3.08. The highest BCUT2D eigenvalue weighted by Crippen LogP contribution is 2.59. The van der Waals surface area contributed by atoms with Gasteiger partial charge in [0.1, 0.15) is 0 Å². The first kappa shape index (κ1) is 15.6. The van der Waals surface area contributed by atoms with Crippen LogP contribution in [-0.2, 0) is 14.3 Å². The Bertz CT molecular complexity index is 454. The quantitative estimate of drug-likeness (QED) is 0.826. The number of ether oxygens (including phenoxy) is 1. The Morgan fingerprint density at radius 1 is 1.10 bits per heavy atom. The summed E-state index contributed by atoms with van der Waals surface area (Å²) in [5.74, 6) is -2.09. The van der Waals surface area contributed by atoms with E-state index in [2.05, 4.69) is 0 Å². The van der Waals surface area contributed by atoms with Gasteiger partial charge in [0.15, 0.2) is 0 Å². The van der Waals surface area contributed by atoms with Crippen molar-refractivity contribution in [2.75, 3.05) is 32.8 Å². The van der Waals surface area contributed by atoms with Crippen molar-refractivity contribution in [3.8, 4) is 0 Å². The molecule has 1 aliphatic carbocycles. The maximum absolute atomic E-state index is 12.4. The molecule has 7 heteroatoms. The summed E-state index contributed by atoms with van der Waals surface area (Å²) in [6.45, 7) is 7.40. The smallest absolute Gasteiger partial charge is 0.409 e. The number of rotatable bonds is 3. The molecular formula is C14H22N2O5. The van der Waals surface area contributed by atoms with E-state index in [0.29, 0.717) is 32.8 Å². The van der Waals surface area contributed by atoms with Crippen LogP contribution in [0.5, 0.6) is 0 Å². The third kappa shape index (κ3) is 2.82. The van der Waals surface area contributed by atoms with Gasteiger partial charge in [0.05, 0.1) is 18.4 Å². The van der Waals surface area contributed by atoms with Gasteiger partial charge >= 0.3 is 12.1 Å². The summed E-state index contributed by atoms with van der Waals surface area (Å²) in [5.41, 5.74) is -0.485. The predicted molar refractivity (Wildman–Crippen MR) is 73.6 cm³/mol. The lowest BCUT2D eigenvalue weighted by Crippen LogP contribution is -2.51. The zero-order valence-electron chi connectivity index (χ0n) is 12.7. The van der Waals surface area contributed by atoms with Gasteiger partial charge in [0.2, 0.25) is 5.91 Å². The molecule has 2 rings (SSSR count). The van der Waals surface area contributed by atoms with Crippen molar-refractivity contribution < 1.29 is 24.2 Å². The van der Waals surface area contributed by atoms with Crippen LogP contribution in [0.2, 0.25) is 0 Å². The van der Waals surface area contributed by atoms with Crippen LogP contribution in [0.1, 0.15) is 20.8 Å². The fourth-order valence-electron chi connectivity index (χ4n) is 3.08. The zero-order chi connectivity index (χ0) is 15.8. The molecule has 118 valence electrons. The van der Waals surface area contributed by atoms with Gasteiger partial charge in [-0.3, -0.25) is 9.59 Å². The first-order chi connectivity index (χ1) is 9.80. The SMILES string of the molecule is CCOC(=O)N1CCN(C(=O)[C@@H]2[C@@H](C(=O)O)C2(C)C)CC1. The van der Waals surface area contributed by atoms with Crippen LogP contribution in [0.25, 0.3) is 0 Å². The van der Waals surface area contributed by atoms with E-state index in [1.807, 2.05) is 13.8 Å². The van der Waals surface area contributed by atoms with Crippen LogP contribution < -0.4 is 0 Å². The standard InChI is InChI=1S/C14H22N2O5/c1-4-21-13(20)16-7-5-15(6-8-16)11(17)9-10(12(18)19)14(9,2)3/h9-10H,4-8H2,1-3H3,(H,18,19)/t9-,10-/m0/s1. The molecule has 2 fully saturated rings. The Kier molecular flexibility index (Phi) is 4.11. The van der Waals surface area contributed by atoms with Gasteiger partial charge in [-0.15, -0.1) is 0 Å². The Balaban J connectivity index is 1.90. The average Bonchev–Trinajstić information content (AvgIpc) is 3.01. The van der Waals surface area contributed by atoms with E-state index in [-0.39, 0.29) is 12.0 Å². The van der Waals surface area contributed by atoms with Crippen molar-refractivity contribution in [3.63, 3.8) is 0 Å². The second kappa shape index (κ2) is 5.54. The van der Waals surface area contributed by atoms with Gasteiger partial charge in [0, 0.05) is 26.2 Å². The third-order valence-corrected chi connectivity index (χ3v) is 4.48. The molecule has 2 amide bonds. The molecule has 2 atom stereocenters. The molecule has 1 heterocycles. The minimum atomic E-state index is -0.913. The van der Waals surface area contributed by atoms with Gasteiger partial charge < -0.3 is 19.6 Å². The molecule has 0 aromatic heterocycles. The highest BCUT2D eigenvalue weighted by atomic mass is 16.6. The van der Waals surface area contributed by atoms with Gasteiger partial charge in [-0.25, -0.2) is 4.79 Å². The summed E-state index contributed by atoms with van der Waals surface area (Å²) in [5, 5.41) is 9.14. The van der Waals surface area contributed by atoms with Gasteiger partial charge in [-0.1, -0.05) is 13.8 Å². The number of hydrogen-bond acceptors (Lipinski definition) is 4. The molecule has 0 aromatic carbocycles. The maximum atomic E-state index is 12.4. The first-order valence-corrected chi connectivity index (χ1v) is 7.24. The molecule has 0 aromatic rings. The second-order valence-corrected chi connectivity index (χ2v) is 6.13. The molecule has 0 unspecified atom stereocenters. The normalized spacial score (nSPS) is 27.2. The van der Waals surface area contributed by atoms with Crippen LogP contribution >= 0.6 is 0 Å². The summed E-state index contributed by atoms with van der Waals surface area (Å²) < 4.78 is 4.92. The number of hydrogen-bond donors (Lipinski definition) is 1. The molecule has 1 N–H and O–H groups in total. The highest BCUT2D eigenvalue weighted by Gasteiger charge is 2.66. The minimum Gasteiger partial charge on any atom is -0.481 e. The summed E-state index contributed by atoms with van der Waals surface area (Å²) >= 11 is 0. The number of amides is 2. The van der Waals surface area contributed by atoms with E-state index in [9.17, 15) is 14.4 Å². The fraction of sp³-hybridized carbons (Fsp3) is 0.786. The average molecular weight is 298 g/mol. The molecule has 21 heavy (non-hydrogen) atoms. The second-order valence-electron chi connectivity index (χ2n) is 6.13. The number of carbonyl (C=O) groups is 3. The number of carboxylic acid groups (broad SMARTS) is 1. The van der Waals surface area contributed by atoms with Crippen LogP contribution in [0.3, 0.4) is 0 Å². The molecule has 1 saturated carbocycles. The van der Waals surface area contributed by atoms with Gasteiger partial charge in [-0.2, -0.15) is 0 Å². The van der Waals surface area contributed by atoms with Crippen molar-refractivity contribution in [2.45, 2.75) is 20.8 Å². The van der Waals surface area contributed by atoms with E-state index in [1.165, 1.54) is 0 Å². The number of piperazine rings is 1. The van der Waals surface area contributed by atoms with Crippen molar-refractivity contribution in [2.24, 2.45) is 17.3 Å². The summed E-state index contributed by atoms with van der Waals surface area (Å²) in [6.07, 6.45) is -0.361. The summed E-state index contributed by atoms with van der Waals surface area (Å²) in [4.78, 5) is 38.4. The van der Waals surface area contributed by atoms with Crippen LogP contribution in [0.4, 0.5) is 4.79 Å². The lowest BCUT2D eigenvalue weighted by molar-refractivity contribution is -0.142. The van der Waals surface area contributed by atoms with Crippen molar-refractivity contribution in [1.82, 2.24) is 9.80 Å². The number of carboxylic acids is 1. The van der Waals surface area contributed by atoms with E-state index < -0.39 is 23.2 Å². The molecule has 1 saturated heterocycles. The number of aliphatic carboxylic acids is 1. The molecule has 0 radical (unpaired) electrons. The topological polar surface area (TPSA) is 87.2 Å². The Hall–Kier alpha value is -1.79. The van der Waals surface area contributed by atoms with Crippen LogP contribution in [0, 0.1) is 17.3 Å². The molecule has 0 bridgehead atoms. The van der Waals surface area contributed by atoms with Gasteiger partial charge in [-0.05, 0) is 12.3 Å². The Labute approximate surface area is 123 Å². The van der Waals surface area contributed by atoms with Crippen molar-refractivity contribution >= 4 is 18.0 Å². The first-order valence-electron chi connectivity index (χ1n) is 7.24. The van der Waals surface area contributed by atoms with E-state index >= 15 is 0 Å². The third-order valence-electron chi connectivity index (χ3n) is 4.48. The summed E-state index contributed by atoms with van der Waals surface area (Å²) in [6, 6.07) is 0.